The van der Waals surface area contributed by atoms with Crippen molar-refractivity contribution in [3.05, 3.63) is 35.5 Å². The molecule has 0 aliphatic carbocycles. The van der Waals surface area contributed by atoms with Gasteiger partial charge in [-0.3, -0.25) is 0 Å². The van der Waals surface area contributed by atoms with Gasteiger partial charge in [0.15, 0.2) is 5.57 Å². The minimum absolute atomic E-state index is 0.0936. The van der Waals surface area contributed by atoms with Crippen LogP contribution >= 0.6 is 0 Å². The molecule has 0 aromatic heterocycles. The third-order valence-electron chi connectivity index (χ3n) is 2.12. The van der Waals surface area contributed by atoms with E-state index < -0.39 is 17.4 Å². The smallest absolute Gasteiger partial charge is 0.433 e. The highest BCUT2D eigenvalue weighted by molar-refractivity contribution is 5.56. The highest BCUT2D eigenvalue weighted by Crippen LogP contribution is 2.29. The molecule has 4 nitrogen and oxygen atoms in total. The molecular formula is C12H8F3N3O. The van der Waals surface area contributed by atoms with Gasteiger partial charge in [-0.2, -0.15) is 23.7 Å². The van der Waals surface area contributed by atoms with Gasteiger partial charge in [0, 0.05) is 5.69 Å². The van der Waals surface area contributed by atoms with Gasteiger partial charge in [-0.05, 0) is 24.3 Å². The molecule has 0 aliphatic rings. The van der Waals surface area contributed by atoms with Crippen LogP contribution in [-0.4, -0.2) is 13.3 Å². The summed E-state index contributed by atoms with van der Waals surface area (Å²) < 4.78 is 43.0. The van der Waals surface area contributed by atoms with Crippen molar-refractivity contribution in [3.63, 3.8) is 0 Å². The Morgan fingerprint density at radius 2 is 1.68 bits per heavy atom. The molecule has 0 saturated carbocycles. The van der Waals surface area contributed by atoms with E-state index in [4.69, 9.17) is 15.3 Å². The number of hydrogen-bond acceptors (Lipinski definition) is 4. The van der Waals surface area contributed by atoms with E-state index in [9.17, 15) is 13.2 Å². The third kappa shape index (κ3) is 3.65. The van der Waals surface area contributed by atoms with Gasteiger partial charge in [0.05, 0.1) is 7.11 Å². The number of methoxy groups -OCH3 is 1. The fraction of sp³-hybridized carbons (Fsp3) is 0.167. The Bertz CT molecular complexity index is 546. The van der Waals surface area contributed by atoms with Gasteiger partial charge in [0.25, 0.3) is 0 Å². The number of nitriles is 2. The maximum Gasteiger partial charge on any atom is 0.433 e. The van der Waals surface area contributed by atoms with Crippen molar-refractivity contribution in [3.8, 4) is 17.9 Å². The van der Waals surface area contributed by atoms with E-state index in [-0.39, 0.29) is 5.69 Å². The Kier molecular flexibility index (Phi) is 4.38. The van der Waals surface area contributed by atoms with Crippen LogP contribution in [0.2, 0.25) is 0 Å². The second-order valence-electron chi connectivity index (χ2n) is 3.32. The Labute approximate surface area is 107 Å². The molecule has 1 N–H and O–H groups in total. The second-order valence-corrected chi connectivity index (χ2v) is 3.32. The summed E-state index contributed by atoms with van der Waals surface area (Å²) in [7, 11) is 1.42. The molecule has 1 aromatic carbocycles. The van der Waals surface area contributed by atoms with Crippen LogP contribution in [0.25, 0.3) is 0 Å². The predicted octanol–water partition coefficient (Wildman–Crippen LogP) is 2.97. The number of benzene rings is 1. The maximum atomic E-state index is 12.7. The molecule has 0 unspecified atom stereocenters. The standard InChI is InChI=1S/C12H8F3N3O/c1-19-10-4-2-9(3-5-10)18-11(12(13,14)15)8(6-16)7-17/h2-5,18H,1H3. The van der Waals surface area contributed by atoms with Gasteiger partial charge in [-0.25, -0.2) is 0 Å². The van der Waals surface area contributed by atoms with Crippen LogP contribution in [0.4, 0.5) is 18.9 Å². The number of nitrogens with one attached hydrogen (secondary N) is 1. The summed E-state index contributed by atoms with van der Waals surface area (Å²) in [6, 6.07) is 8.02. The quantitative estimate of drug-likeness (QED) is 0.855. The van der Waals surface area contributed by atoms with Crippen molar-refractivity contribution in [1.82, 2.24) is 0 Å². The van der Waals surface area contributed by atoms with Crippen molar-refractivity contribution in [1.29, 1.82) is 10.5 Å². The first-order valence-electron chi connectivity index (χ1n) is 4.95. The number of allylic oxidation sites excluding steroid dienone is 2. The zero-order valence-corrected chi connectivity index (χ0v) is 9.75. The lowest BCUT2D eigenvalue weighted by atomic mass is 10.2. The summed E-state index contributed by atoms with van der Waals surface area (Å²) in [4.78, 5) is 0. The largest absolute Gasteiger partial charge is 0.497 e. The van der Waals surface area contributed by atoms with Crippen molar-refractivity contribution in [2.45, 2.75) is 6.18 Å². The minimum atomic E-state index is -4.82. The molecule has 1 aromatic rings. The summed E-state index contributed by atoms with van der Waals surface area (Å²) in [6.45, 7) is 0. The summed E-state index contributed by atoms with van der Waals surface area (Å²) in [6.07, 6.45) is -4.82. The molecule has 19 heavy (non-hydrogen) atoms. The molecule has 7 heteroatoms. The molecule has 0 atom stereocenters. The second kappa shape index (κ2) is 5.78. The fourth-order valence-electron chi connectivity index (χ4n) is 1.23. The SMILES string of the molecule is COc1ccc(NC(=C(C#N)C#N)C(F)(F)F)cc1. The number of anilines is 1. The Hall–Kier alpha value is -2.67. The molecule has 0 amide bonds. The van der Waals surface area contributed by atoms with Gasteiger partial charge in [0.1, 0.15) is 23.6 Å². The van der Waals surface area contributed by atoms with Gasteiger partial charge in [-0.1, -0.05) is 0 Å². The van der Waals surface area contributed by atoms with E-state index in [0.717, 1.165) is 0 Å². The molecule has 0 fully saturated rings. The molecule has 0 spiro atoms. The molecule has 0 saturated heterocycles. The number of alkyl halides is 3. The van der Waals surface area contributed by atoms with E-state index >= 15 is 0 Å². The van der Waals surface area contributed by atoms with Crippen molar-refractivity contribution in [2.24, 2.45) is 0 Å². The Morgan fingerprint density at radius 3 is 2.05 bits per heavy atom. The Balaban J connectivity index is 3.13. The molecule has 98 valence electrons. The number of nitrogens with zero attached hydrogens (tertiary/aromatic N) is 2. The first-order chi connectivity index (χ1) is 8.92. The van der Waals surface area contributed by atoms with Crippen LogP contribution in [-0.2, 0) is 0 Å². The molecular weight excluding hydrogens is 259 g/mol. The average Bonchev–Trinajstić information content (AvgIpc) is 2.38. The van der Waals surface area contributed by atoms with E-state index in [0.29, 0.717) is 5.75 Å². The number of ether oxygens (including phenoxy) is 1. The van der Waals surface area contributed by atoms with E-state index in [1.807, 2.05) is 5.32 Å². The first kappa shape index (κ1) is 14.4. The highest BCUT2D eigenvalue weighted by Gasteiger charge is 2.37. The summed E-state index contributed by atoms with van der Waals surface area (Å²) in [5.41, 5.74) is -2.32. The topological polar surface area (TPSA) is 68.8 Å². The molecule has 0 aliphatic heterocycles. The van der Waals surface area contributed by atoms with Crippen LogP contribution in [0.15, 0.2) is 35.5 Å². The number of hydrogen-bond donors (Lipinski definition) is 1. The van der Waals surface area contributed by atoms with Crippen molar-refractivity contribution in [2.75, 3.05) is 12.4 Å². The Morgan fingerprint density at radius 1 is 1.16 bits per heavy atom. The zero-order chi connectivity index (χ0) is 14.5. The molecule has 0 heterocycles. The van der Waals surface area contributed by atoms with E-state index in [1.165, 1.54) is 43.5 Å². The first-order valence-corrected chi connectivity index (χ1v) is 4.95. The van der Waals surface area contributed by atoms with Crippen molar-refractivity contribution < 1.29 is 17.9 Å². The fourth-order valence-corrected chi connectivity index (χ4v) is 1.23. The lowest BCUT2D eigenvalue weighted by molar-refractivity contribution is -0.0906. The van der Waals surface area contributed by atoms with Crippen LogP contribution in [0.5, 0.6) is 5.75 Å². The zero-order valence-electron chi connectivity index (χ0n) is 9.75. The van der Waals surface area contributed by atoms with Gasteiger partial charge >= 0.3 is 6.18 Å². The molecule has 0 bridgehead atoms. The summed E-state index contributed by atoms with van der Waals surface area (Å²) >= 11 is 0. The highest BCUT2D eigenvalue weighted by atomic mass is 19.4. The minimum Gasteiger partial charge on any atom is -0.497 e. The van der Waals surface area contributed by atoms with Gasteiger partial charge in [-0.15, -0.1) is 0 Å². The summed E-state index contributed by atoms with van der Waals surface area (Å²) in [5, 5.41) is 19.1. The van der Waals surface area contributed by atoms with E-state index in [1.54, 1.807) is 0 Å². The van der Waals surface area contributed by atoms with Gasteiger partial charge < -0.3 is 10.1 Å². The van der Waals surface area contributed by atoms with Crippen molar-refractivity contribution >= 4 is 5.69 Å². The third-order valence-corrected chi connectivity index (χ3v) is 2.12. The lowest BCUT2D eigenvalue weighted by Crippen LogP contribution is -2.21. The summed E-state index contributed by atoms with van der Waals surface area (Å²) in [5.74, 6) is 0.476. The number of rotatable bonds is 3. The monoisotopic (exact) mass is 267 g/mol. The van der Waals surface area contributed by atoms with Crippen LogP contribution in [0.3, 0.4) is 0 Å². The molecule has 1 rings (SSSR count). The predicted molar refractivity (Wildman–Crippen MR) is 60.9 cm³/mol. The van der Waals surface area contributed by atoms with Crippen LogP contribution in [0.1, 0.15) is 0 Å². The van der Waals surface area contributed by atoms with Crippen LogP contribution in [0, 0.1) is 22.7 Å². The van der Waals surface area contributed by atoms with Gasteiger partial charge in [0.2, 0.25) is 0 Å². The average molecular weight is 267 g/mol. The maximum absolute atomic E-state index is 12.7. The molecule has 0 radical (unpaired) electrons. The van der Waals surface area contributed by atoms with Crippen LogP contribution < -0.4 is 10.1 Å². The number of halogens is 3. The van der Waals surface area contributed by atoms with E-state index in [2.05, 4.69) is 0 Å². The lowest BCUT2D eigenvalue weighted by Gasteiger charge is -2.14. The normalized spacial score (nSPS) is 10.0.